The number of rotatable bonds is 3. The van der Waals surface area contributed by atoms with Gasteiger partial charge >= 0.3 is 6.61 Å². The van der Waals surface area contributed by atoms with Gasteiger partial charge in [-0.05, 0) is 24.3 Å². The van der Waals surface area contributed by atoms with E-state index in [9.17, 15) is 13.6 Å². The smallest absolute Gasteiger partial charge is 0.387 e. The summed E-state index contributed by atoms with van der Waals surface area (Å²) in [6.07, 6.45) is 0.401. The highest BCUT2D eigenvalue weighted by Gasteiger charge is 2.28. The summed E-state index contributed by atoms with van der Waals surface area (Å²) in [6.45, 7) is -2.30. The molecule has 1 heterocycles. The van der Waals surface area contributed by atoms with Crippen molar-refractivity contribution < 1.29 is 18.3 Å². The van der Waals surface area contributed by atoms with E-state index < -0.39 is 6.61 Å². The van der Waals surface area contributed by atoms with Gasteiger partial charge in [-0.2, -0.15) is 21.4 Å². The lowest BCUT2D eigenvalue weighted by atomic mass is 10.3. The molecule has 0 bridgehead atoms. The molecular weight excluding hydrogens is 248 g/mol. The van der Waals surface area contributed by atoms with Gasteiger partial charge in [-0.1, -0.05) is 0 Å². The first-order valence-electron chi connectivity index (χ1n) is 5.09. The molecule has 6 heteroatoms. The highest BCUT2D eigenvalue weighted by Crippen LogP contribution is 2.26. The Labute approximate surface area is 103 Å². The van der Waals surface area contributed by atoms with E-state index in [1.165, 1.54) is 12.1 Å². The molecule has 0 spiro atoms. The zero-order valence-electron chi connectivity index (χ0n) is 8.85. The van der Waals surface area contributed by atoms with Crippen LogP contribution in [0, 0.1) is 0 Å². The maximum absolute atomic E-state index is 11.9. The van der Waals surface area contributed by atoms with E-state index in [1.807, 2.05) is 0 Å². The van der Waals surface area contributed by atoms with E-state index in [0.717, 1.165) is 0 Å². The van der Waals surface area contributed by atoms with Gasteiger partial charge in [0.1, 0.15) is 5.75 Å². The first-order valence-corrected chi connectivity index (χ1v) is 5.61. The van der Waals surface area contributed by atoms with Crippen LogP contribution in [0.1, 0.15) is 6.42 Å². The van der Waals surface area contributed by atoms with Crippen molar-refractivity contribution >= 4 is 24.2 Å². The Morgan fingerprint density at radius 1 is 1.35 bits per heavy atom. The summed E-state index contributed by atoms with van der Waals surface area (Å²) < 4.78 is 28.1. The van der Waals surface area contributed by atoms with Crippen LogP contribution in [0.15, 0.2) is 24.3 Å². The minimum atomic E-state index is -2.84. The number of hydrogen-bond acceptors (Lipinski definition) is 3. The molecule has 1 fully saturated rings. The number of thiol groups is 1. The Hall–Kier alpha value is -1.30. The van der Waals surface area contributed by atoms with Crippen LogP contribution >= 0.6 is 12.6 Å². The molecule has 1 aliphatic heterocycles. The van der Waals surface area contributed by atoms with Crippen molar-refractivity contribution in [2.45, 2.75) is 18.3 Å². The highest BCUT2D eigenvalue weighted by atomic mass is 32.1. The number of carbonyl (C=O) groups is 1. The lowest BCUT2D eigenvalue weighted by Gasteiger charge is -2.16. The summed E-state index contributed by atoms with van der Waals surface area (Å²) in [5, 5.41) is 0.0273. The first-order chi connectivity index (χ1) is 8.06. The van der Waals surface area contributed by atoms with Gasteiger partial charge in [-0.3, -0.25) is 4.79 Å². The fraction of sp³-hybridized carbons (Fsp3) is 0.364. The van der Waals surface area contributed by atoms with Gasteiger partial charge in [-0.15, -0.1) is 0 Å². The molecule has 0 saturated carbocycles. The van der Waals surface area contributed by atoms with Crippen LogP contribution in [0.4, 0.5) is 14.5 Å². The molecule has 1 atom stereocenters. The number of carbonyl (C=O) groups excluding carboxylic acids is 1. The topological polar surface area (TPSA) is 29.5 Å². The van der Waals surface area contributed by atoms with Gasteiger partial charge in [0.2, 0.25) is 5.91 Å². The van der Waals surface area contributed by atoms with E-state index in [4.69, 9.17) is 0 Å². The van der Waals surface area contributed by atoms with Crippen molar-refractivity contribution in [3.05, 3.63) is 24.3 Å². The minimum Gasteiger partial charge on any atom is -0.435 e. The number of amides is 1. The Morgan fingerprint density at radius 3 is 2.47 bits per heavy atom. The number of anilines is 1. The van der Waals surface area contributed by atoms with Crippen molar-refractivity contribution in [3.8, 4) is 5.75 Å². The minimum absolute atomic E-state index is 0.00692. The number of ether oxygens (including phenoxy) is 1. The maximum Gasteiger partial charge on any atom is 0.387 e. The van der Waals surface area contributed by atoms with Crippen LogP contribution in [-0.2, 0) is 4.79 Å². The molecule has 0 aliphatic carbocycles. The van der Waals surface area contributed by atoms with Crippen LogP contribution in [0.25, 0.3) is 0 Å². The number of hydrogen-bond donors (Lipinski definition) is 1. The SMILES string of the molecule is O=C1CC(S)CN1c1ccc(OC(F)F)cc1. The lowest BCUT2D eigenvalue weighted by molar-refractivity contribution is -0.117. The van der Waals surface area contributed by atoms with Gasteiger partial charge in [0.05, 0.1) is 0 Å². The third-order valence-corrected chi connectivity index (χ3v) is 2.82. The molecule has 0 N–H and O–H groups in total. The molecule has 1 unspecified atom stereocenters. The fourth-order valence-electron chi connectivity index (χ4n) is 1.75. The number of alkyl halides is 2. The summed E-state index contributed by atoms with van der Waals surface area (Å²) in [5.74, 6) is 0.0744. The second-order valence-corrected chi connectivity index (χ2v) is 4.46. The molecule has 1 aromatic carbocycles. The summed E-state index contributed by atoms with van der Waals surface area (Å²) in [6, 6.07) is 6.00. The zero-order valence-corrected chi connectivity index (χ0v) is 9.74. The monoisotopic (exact) mass is 259 g/mol. The average Bonchev–Trinajstić information content (AvgIpc) is 2.58. The first kappa shape index (κ1) is 12.2. The predicted octanol–water partition coefficient (Wildman–Crippen LogP) is 2.32. The van der Waals surface area contributed by atoms with Crippen LogP contribution in [0.2, 0.25) is 0 Å². The summed E-state index contributed by atoms with van der Waals surface area (Å²) in [4.78, 5) is 13.2. The van der Waals surface area contributed by atoms with Crippen LogP contribution < -0.4 is 9.64 Å². The molecule has 92 valence electrons. The summed E-state index contributed by atoms with van der Waals surface area (Å²) in [5.41, 5.74) is 0.674. The molecule has 1 amide bonds. The second kappa shape index (κ2) is 4.91. The van der Waals surface area contributed by atoms with Gasteiger partial charge in [-0.25, -0.2) is 0 Å². The van der Waals surface area contributed by atoms with E-state index in [0.29, 0.717) is 18.7 Å². The molecule has 1 saturated heterocycles. The Kier molecular flexibility index (Phi) is 3.51. The Bertz CT molecular complexity index is 410. The second-order valence-electron chi connectivity index (χ2n) is 3.73. The number of benzene rings is 1. The zero-order chi connectivity index (χ0) is 12.4. The Morgan fingerprint density at radius 2 is 2.00 bits per heavy atom. The van der Waals surface area contributed by atoms with E-state index >= 15 is 0 Å². The van der Waals surface area contributed by atoms with E-state index in [2.05, 4.69) is 17.4 Å². The largest absolute Gasteiger partial charge is 0.435 e. The molecular formula is C11H11F2NO2S. The summed E-state index contributed by atoms with van der Waals surface area (Å²) >= 11 is 4.24. The number of nitrogens with zero attached hydrogens (tertiary/aromatic N) is 1. The average molecular weight is 259 g/mol. The van der Waals surface area contributed by atoms with Crippen LogP contribution in [0.3, 0.4) is 0 Å². The Balaban J connectivity index is 2.10. The highest BCUT2D eigenvalue weighted by molar-refractivity contribution is 7.81. The van der Waals surface area contributed by atoms with Crippen molar-refractivity contribution in [2.24, 2.45) is 0 Å². The van der Waals surface area contributed by atoms with Gasteiger partial charge in [0.15, 0.2) is 0 Å². The maximum atomic E-state index is 11.9. The van der Waals surface area contributed by atoms with Crippen LogP contribution in [0.5, 0.6) is 5.75 Å². The normalized spacial score (nSPS) is 20.1. The van der Waals surface area contributed by atoms with Gasteiger partial charge in [0.25, 0.3) is 0 Å². The molecule has 1 aromatic rings. The van der Waals surface area contributed by atoms with Crippen molar-refractivity contribution in [2.75, 3.05) is 11.4 Å². The third kappa shape index (κ3) is 2.88. The molecule has 3 nitrogen and oxygen atoms in total. The van der Waals surface area contributed by atoms with Crippen LogP contribution in [-0.4, -0.2) is 24.3 Å². The molecule has 2 rings (SSSR count). The molecule has 1 aliphatic rings. The van der Waals surface area contributed by atoms with Crippen molar-refractivity contribution in [1.82, 2.24) is 0 Å². The van der Waals surface area contributed by atoms with Crippen molar-refractivity contribution in [3.63, 3.8) is 0 Å². The molecule has 0 radical (unpaired) electrons. The third-order valence-electron chi connectivity index (χ3n) is 2.48. The number of halogens is 2. The standard InChI is InChI=1S/C11H11F2NO2S/c12-11(13)16-8-3-1-7(2-4-8)14-6-9(17)5-10(14)15/h1-4,9,11,17H,5-6H2. The summed E-state index contributed by atoms with van der Waals surface area (Å²) in [7, 11) is 0. The van der Waals surface area contributed by atoms with Crippen molar-refractivity contribution in [1.29, 1.82) is 0 Å². The van der Waals surface area contributed by atoms with Gasteiger partial charge < -0.3 is 9.64 Å². The quantitative estimate of drug-likeness (QED) is 0.844. The molecule has 0 aromatic heterocycles. The van der Waals surface area contributed by atoms with Gasteiger partial charge in [0, 0.05) is 23.9 Å². The van der Waals surface area contributed by atoms with E-state index in [-0.39, 0.29) is 16.9 Å². The lowest BCUT2D eigenvalue weighted by Crippen LogP contribution is -2.24. The van der Waals surface area contributed by atoms with E-state index in [1.54, 1.807) is 17.0 Å². The fourth-order valence-corrected chi connectivity index (χ4v) is 2.07. The molecule has 17 heavy (non-hydrogen) atoms. The predicted molar refractivity (Wildman–Crippen MR) is 62.8 cm³/mol.